The van der Waals surface area contributed by atoms with E-state index in [1.165, 1.54) is 22.2 Å². The molecule has 0 spiro atoms. The van der Waals surface area contributed by atoms with Gasteiger partial charge in [0.25, 0.3) is 0 Å². The van der Waals surface area contributed by atoms with Gasteiger partial charge in [-0.15, -0.1) is 0 Å². The summed E-state index contributed by atoms with van der Waals surface area (Å²) in [6.07, 6.45) is 2.45. The summed E-state index contributed by atoms with van der Waals surface area (Å²) < 4.78 is 3.12. The second-order valence-corrected chi connectivity index (χ2v) is 8.47. The van der Waals surface area contributed by atoms with Crippen molar-refractivity contribution in [2.24, 2.45) is 0 Å². The van der Waals surface area contributed by atoms with Crippen LogP contribution in [-0.2, 0) is 0 Å². The van der Waals surface area contributed by atoms with E-state index in [1.807, 2.05) is 11.8 Å². The molecule has 0 atom stereocenters. The van der Waals surface area contributed by atoms with Gasteiger partial charge in [-0.1, -0.05) is 0 Å². The monoisotopic (exact) mass is 362 g/mol. The molecule has 0 aliphatic rings. The zero-order chi connectivity index (χ0) is 14.9. The Kier molecular flexibility index (Phi) is 7.15. The van der Waals surface area contributed by atoms with Crippen LogP contribution in [0.2, 0.25) is 0 Å². The summed E-state index contributed by atoms with van der Waals surface area (Å²) in [4.78, 5) is 1.36. The molecule has 0 aliphatic heterocycles. The minimum absolute atomic E-state index is 0.447. The Labute approximate surface area is 139 Å². The second kappa shape index (κ2) is 9.15. The van der Waals surface area contributed by atoms with E-state index in [4.69, 9.17) is 0 Å². The molecule has 2 heteroatoms. The second-order valence-electron chi connectivity index (χ2n) is 4.97. The van der Waals surface area contributed by atoms with Crippen LogP contribution in [0.25, 0.3) is 0 Å². The first-order valence-electron chi connectivity index (χ1n) is 7.39. The molecule has 0 heterocycles. The molecule has 0 N–H and O–H groups in total. The van der Waals surface area contributed by atoms with E-state index in [9.17, 15) is 0 Å². The molecule has 0 fully saturated rings. The SMILES string of the molecule is CCC/C(C)=C(/CSc1ccccc1)[Se]c1ccccc1. The van der Waals surface area contributed by atoms with Crippen LogP contribution in [0.15, 0.2) is 75.6 Å². The summed E-state index contributed by atoms with van der Waals surface area (Å²) in [5.74, 6) is 1.12. The molecule has 0 unspecified atom stereocenters. The van der Waals surface area contributed by atoms with E-state index in [0.717, 1.165) is 5.75 Å². The maximum atomic E-state index is 2.31. The number of allylic oxidation sites excluding steroid dienone is 1. The fourth-order valence-corrected chi connectivity index (χ4v) is 5.54. The van der Waals surface area contributed by atoms with Crippen molar-refractivity contribution >= 4 is 31.2 Å². The predicted molar refractivity (Wildman–Crippen MR) is 96.6 cm³/mol. The first-order valence-corrected chi connectivity index (χ1v) is 10.1. The molecule has 0 bridgehead atoms. The molecule has 2 aromatic rings. The van der Waals surface area contributed by atoms with Crippen LogP contribution in [0.4, 0.5) is 0 Å². The van der Waals surface area contributed by atoms with E-state index >= 15 is 0 Å². The molecule has 0 saturated heterocycles. The van der Waals surface area contributed by atoms with E-state index < -0.39 is 0 Å². The van der Waals surface area contributed by atoms with E-state index in [1.54, 1.807) is 10.0 Å². The normalized spacial score (nSPS) is 12.1. The predicted octanol–water partition coefficient (Wildman–Crippen LogP) is 4.88. The van der Waals surface area contributed by atoms with Gasteiger partial charge in [0, 0.05) is 0 Å². The van der Waals surface area contributed by atoms with Gasteiger partial charge in [0.1, 0.15) is 0 Å². The van der Waals surface area contributed by atoms with Gasteiger partial charge in [0.15, 0.2) is 0 Å². The summed E-state index contributed by atoms with van der Waals surface area (Å²) in [6, 6.07) is 21.6. The molecule has 0 aromatic heterocycles. The van der Waals surface area contributed by atoms with Crippen molar-refractivity contribution in [3.8, 4) is 0 Å². The van der Waals surface area contributed by atoms with Crippen molar-refractivity contribution in [3.63, 3.8) is 0 Å². The first-order chi connectivity index (χ1) is 10.3. The Morgan fingerprint density at radius 1 is 0.952 bits per heavy atom. The van der Waals surface area contributed by atoms with Crippen LogP contribution >= 0.6 is 11.8 Å². The van der Waals surface area contributed by atoms with Gasteiger partial charge < -0.3 is 0 Å². The molecule has 2 aromatic carbocycles. The standard InChI is InChI=1S/C19H22SSe/c1-3-10-16(2)19(21-18-13-8-5-9-14-18)15-20-17-11-6-4-7-12-17/h4-9,11-14H,3,10,15H2,1-2H3/b19-16-. The molecule has 0 aliphatic carbocycles. The summed E-state index contributed by atoms with van der Waals surface area (Å²) >= 11 is 2.41. The van der Waals surface area contributed by atoms with Crippen molar-refractivity contribution in [3.05, 3.63) is 70.7 Å². The van der Waals surface area contributed by atoms with Crippen molar-refractivity contribution in [2.45, 2.75) is 31.6 Å². The Balaban J connectivity index is 2.08. The summed E-state index contributed by atoms with van der Waals surface area (Å²) in [5.41, 5.74) is 1.59. The third kappa shape index (κ3) is 5.74. The van der Waals surface area contributed by atoms with Gasteiger partial charge in [0.05, 0.1) is 0 Å². The van der Waals surface area contributed by atoms with E-state index in [2.05, 4.69) is 74.5 Å². The Bertz CT molecular complexity index is 561. The molecule has 21 heavy (non-hydrogen) atoms. The van der Waals surface area contributed by atoms with Gasteiger partial charge in [-0.3, -0.25) is 0 Å². The summed E-state index contributed by atoms with van der Waals surface area (Å²) in [7, 11) is 0. The van der Waals surface area contributed by atoms with Crippen molar-refractivity contribution in [2.75, 3.05) is 5.75 Å². The van der Waals surface area contributed by atoms with Gasteiger partial charge in [-0.2, -0.15) is 0 Å². The zero-order valence-electron chi connectivity index (χ0n) is 12.7. The summed E-state index contributed by atoms with van der Waals surface area (Å²) in [5, 5.41) is 0. The Morgan fingerprint density at radius 2 is 1.57 bits per heavy atom. The Hall–Kier alpha value is -0.951. The quantitative estimate of drug-likeness (QED) is 0.500. The Morgan fingerprint density at radius 3 is 2.19 bits per heavy atom. The van der Waals surface area contributed by atoms with Crippen LogP contribution in [0.5, 0.6) is 0 Å². The third-order valence-electron chi connectivity index (χ3n) is 3.20. The minimum atomic E-state index is 0.447. The zero-order valence-corrected chi connectivity index (χ0v) is 15.2. The average Bonchev–Trinajstić information content (AvgIpc) is 2.53. The van der Waals surface area contributed by atoms with Gasteiger partial charge in [-0.25, -0.2) is 0 Å². The molecular formula is C19H22SSe. The first kappa shape index (κ1) is 16.4. The molecule has 2 rings (SSSR count). The number of benzene rings is 2. The fourth-order valence-electron chi connectivity index (χ4n) is 2.05. The average molecular weight is 361 g/mol. The molecular weight excluding hydrogens is 339 g/mol. The van der Waals surface area contributed by atoms with Gasteiger partial charge in [-0.05, 0) is 0 Å². The topological polar surface area (TPSA) is 0 Å². The number of hydrogen-bond donors (Lipinski definition) is 0. The van der Waals surface area contributed by atoms with Crippen LogP contribution in [0.3, 0.4) is 0 Å². The molecule has 0 amide bonds. The van der Waals surface area contributed by atoms with Crippen LogP contribution < -0.4 is 4.46 Å². The molecule has 110 valence electrons. The van der Waals surface area contributed by atoms with Crippen molar-refractivity contribution < 1.29 is 0 Å². The van der Waals surface area contributed by atoms with Crippen LogP contribution in [0, 0.1) is 0 Å². The number of hydrogen-bond acceptors (Lipinski definition) is 1. The van der Waals surface area contributed by atoms with E-state index in [-0.39, 0.29) is 0 Å². The molecule has 0 radical (unpaired) electrons. The number of thioether (sulfide) groups is 1. The third-order valence-corrected chi connectivity index (χ3v) is 7.27. The van der Waals surface area contributed by atoms with E-state index in [0.29, 0.717) is 15.0 Å². The molecule has 0 saturated carbocycles. The fraction of sp³-hybridized carbons (Fsp3) is 0.263. The number of rotatable bonds is 7. The van der Waals surface area contributed by atoms with Gasteiger partial charge >= 0.3 is 139 Å². The van der Waals surface area contributed by atoms with Crippen molar-refractivity contribution in [1.29, 1.82) is 0 Å². The molecule has 0 nitrogen and oxygen atoms in total. The van der Waals surface area contributed by atoms with Crippen LogP contribution in [-0.4, -0.2) is 20.7 Å². The van der Waals surface area contributed by atoms with Gasteiger partial charge in [0.2, 0.25) is 0 Å². The summed E-state index contributed by atoms with van der Waals surface area (Å²) in [6.45, 7) is 4.58. The van der Waals surface area contributed by atoms with Crippen LogP contribution in [0.1, 0.15) is 26.7 Å². The van der Waals surface area contributed by atoms with Crippen molar-refractivity contribution in [1.82, 2.24) is 0 Å². The maximum absolute atomic E-state index is 2.31.